The molecule has 0 fully saturated rings. The molecule has 0 aliphatic heterocycles. The Balaban J connectivity index is 2.08. The van der Waals surface area contributed by atoms with E-state index >= 15 is 0 Å². The summed E-state index contributed by atoms with van der Waals surface area (Å²) < 4.78 is 13.6. The molecule has 0 atom stereocenters. The van der Waals surface area contributed by atoms with E-state index in [9.17, 15) is 9.18 Å². The molecular formula is C15H12BrClFNO. The Hall–Kier alpha value is -1.39. The molecule has 0 aliphatic carbocycles. The van der Waals surface area contributed by atoms with Gasteiger partial charge in [0.25, 0.3) is 0 Å². The fourth-order valence-corrected chi connectivity index (χ4v) is 2.44. The van der Waals surface area contributed by atoms with Crippen LogP contribution in [0.15, 0.2) is 40.9 Å². The van der Waals surface area contributed by atoms with E-state index in [2.05, 4.69) is 21.2 Å². The standard InChI is InChI=1S/C15H12BrClFNO/c1-9-6-12(16)14(8-13(9)17)19-15(20)7-10-2-4-11(18)5-3-10/h2-6,8H,7H2,1H3,(H,19,20). The molecule has 0 aliphatic rings. The summed E-state index contributed by atoms with van der Waals surface area (Å²) in [7, 11) is 0. The topological polar surface area (TPSA) is 29.1 Å². The number of nitrogens with one attached hydrogen (secondary N) is 1. The lowest BCUT2D eigenvalue weighted by molar-refractivity contribution is -0.115. The monoisotopic (exact) mass is 355 g/mol. The van der Waals surface area contributed by atoms with Crippen LogP contribution >= 0.6 is 27.5 Å². The van der Waals surface area contributed by atoms with E-state index in [1.165, 1.54) is 12.1 Å². The van der Waals surface area contributed by atoms with Crippen LogP contribution < -0.4 is 5.32 Å². The van der Waals surface area contributed by atoms with Crippen LogP contribution in [0.2, 0.25) is 5.02 Å². The molecule has 0 saturated carbocycles. The Kier molecular flexibility index (Phi) is 4.78. The van der Waals surface area contributed by atoms with Crippen LogP contribution in [0.25, 0.3) is 0 Å². The SMILES string of the molecule is Cc1cc(Br)c(NC(=O)Cc2ccc(F)cc2)cc1Cl. The van der Waals surface area contributed by atoms with Crippen LogP contribution in [0, 0.1) is 12.7 Å². The van der Waals surface area contributed by atoms with Crippen LogP contribution in [0.4, 0.5) is 10.1 Å². The minimum absolute atomic E-state index is 0.179. The number of halogens is 3. The van der Waals surface area contributed by atoms with E-state index in [1.807, 2.05) is 13.0 Å². The Labute approximate surface area is 130 Å². The van der Waals surface area contributed by atoms with Gasteiger partial charge in [-0.1, -0.05) is 23.7 Å². The number of amides is 1. The lowest BCUT2D eigenvalue weighted by Gasteiger charge is -2.09. The number of rotatable bonds is 3. The van der Waals surface area contributed by atoms with E-state index in [0.717, 1.165) is 15.6 Å². The summed E-state index contributed by atoms with van der Waals surface area (Å²) in [5.74, 6) is -0.501. The molecule has 0 unspecified atom stereocenters. The molecule has 0 radical (unpaired) electrons. The lowest BCUT2D eigenvalue weighted by atomic mass is 10.1. The Morgan fingerprint density at radius 3 is 2.60 bits per heavy atom. The molecule has 2 rings (SSSR count). The van der Waals surface area contributed by atoms with Crippen molar-refractivity contribution in [1.82, 2.24) is 0 Å². The molecule has 0 bridgehead atoms. The highest BCUT2D eigenvalue weighted by Gasteiger charge is 2.09. The average molecular weight is 357 g/mol. The second-order valence-corrected chi connectivity index (χ2v) is 5.69. The van der Waals surface area contributed by atoms with Crippen LogP contribution in [0.3, 0.4) is 0 Å². The zero-order valence-corrected chi connectivity index (χ0v) is 13.1. The molecule has 2 nitrogen and oxygen atoms in total. The second-order valence-electron chi connectivity index (χ2n) is 4.43. The maximum absolute atomic E-state index is 12.8. The maximum atomic E-state index is 12.8. The number of anilines is 1. The van der Waals surface area contributed by atoms with Crippen molar-refractivity contribution in [2.24, 2.45) is 0 Å². The van der Waals surface area contributed by atoms with Gasteiger partial charge in [0.05, 0.1) is 12.1 Å². The van der Waals surface area contributed by atoms with Crippen LogP contribution in [0.1, 0.15) is 11.1 Å². The van der Waals surface area contributed by atoms with E-state index in [-0.39, 0.29) is 18.1 Å². The van der Waals surface area contributed by atoms with E-state index < -0.39 is 0 Å². The van der Waals surface area contributed by atoms with Gasteiger partial charge in [0, 0.05) is 9.50 Å². The molecule has 0 heterocycles. The number of carbonyl (C=O) groups excluding carboxylic acids is 1. The van der Waals surface area contributed by atoms with Gasteiger partial charge >= 0.3 is 0 Å². The Bertz CT molecular complexity index is 643. The van der Waals surface area contributed by atoms with Gasteiger partial charge in [0.2, 0.25) is 5.91 Å². The van der Waals surface area contributed by atoms with Crippen molar-refractivity contribution in [3.8, 4) is 0 Å². The number of hydrogen-bond acceptors (Lipinski definition) is 1. The minimum atomic E-state index is -0.317. The summed E-state index contributed by atoms with van der Waals surface area (Å²) >= 11 is 9.41. The molecule has 1 amide bonds. The Morgan fingerprint density at radius 1 is 1.30 bits per heavy atom. The number of benzene rings is 2. The fraction of sp³-hybridized carbons (Fsp3) is 0.133. The van der Waals surface area contributed by atoms with Crippen LogP contribution in [-0.4, -0.2) is 5.91 Å². The highest BCUT2D eigenvalue weighted by molar-refractivity contribution is 9.10. The smallest absolute Gasteiger partial charge is 0.228 e. The van der Waals surface area contributed by atoms with Crippen molar-refractivity contribution in [3.63, 3.8) is 0 Å². The zero-order valence-electron chi connectivity index (χ0n) is 10.7. The number of aryl methyl sites for hydroxylation is 1. The predicted octanol–water partition coefficient (Wildman–Crippen LogP) is 4.73. The van der Waals surface area contributed by atoms with E-state index in [1.54, 1.807) is 18.2 Å². The fourth-order valence-electron chi connectivity index (χ4n) is 1.72. The number of carbonyl (C=O) groups is 1. The average Bonchev–Trinajstić information content (AvgIpc) is 2.39. The zero-order chi connectivity index (χ0) is 14.7. The first-order valence-corrected chi connectivity index (χ1v) is 7.13. The third-order valence-corrected chi connectivity index (χ3v) is 3.86. The summed E-state index contributed by atoms with van der Waals surface area (Å²) in [6.45, 7) is 1.89. The molecule has 0 aromatic heterocycles. The van der Waals surface area contributed by atoms with Crippen molar-refractivity contribution >= 4 is 39.1 Å². The lowest BCUT2D eigenvalue weighted by Crippen LogP contribution is -2.14. The van der Waals surface area contributed by atoms with Gasteiger partial charge in [0.1, 0.15) is 5.82 Å². The second kappa shape index (κ2) is 6.37. The summed E-state index contributed by atoms with van der Waals surface area (Å²) in [5, 5.41) is 3.37. The van der Waals surface area contributed by atoms with Crippen molar-refractivity contribution in [1.29, 1.82) is 0 Å². The molecule has 0 saturated heterocycles. The van der Waals surface area contributed by atoms with Gasteiger partial charge < -0.3 is 5.32 Å². The van der Waals surface area contributed by atoms with E-state index in [4.69, 9.17) is 11.6 Å². The molecule has 2 aromatic rings. The maximum Gasteiger partial charge on any atom is 0.228 e. The first-order chi connectivity index (χ1) is 9.45. The summed E-state index contributed by atoms with van der Waals surface area (Å²) in [4.78, 5) is 11.9. The van der Waals surface area contributed by atoms with Crippen LogP contribution in [0.5, 0.6) is 0 Å². The normalized spacial score (nSPS) is 10.4. The predicted molar refractivity (Wildman–Crippen MR) is 82.6 cm³/mol. The van der Waals surface area contributed by atoms with Gasteiger partial charge in [-0.05, 0) is 58.2 Å². The van der Waals surface area contributed by atoms with Crippen LogP contribution in [-0.2, 0) is 11.2 Å². The van der Waals surface area contributed by atoms with Crippen molar-refractivity contribution in [2.75, 3.05) is 5.32 Å². The van der Waals surface area contributed by atoms with Gasteiger partial charge in [-0.25, -0.2) is 4.39 Å². The molecular weight excluding hydrogens is 345 g/mol. The first-order valence-electron chi connectivity index (χ1n) is 5.95. The first kappa shape index (κ1) is 15.0. The molecule has 0 spiro atoms. The molecule has 5 heteroatoms. The molecule has 20 heavy (non-hydrogen) atoms. The quantitative estimate of drug-likeness (QED) is 0.846. The third-order valence-electron chi connectivity index (χ3n) is 2.80. The molecule has 2 aromatic carbocycles. The highest BCUT2D eigenvalue weighted by Crippen LogP contribution is 2.29. The molecule has 104 valence electrons. The third kappa shape index (κ3) is 3.81. The van der Waals surface area contributed by atoms with Gasteiger partial charge in [0.15, 0.2) is 0 Å². The van der Waals surface area contributed by atoms with E-state index in [0.29, 0.717) is 10.7 Å². The molecule has 1 N–H and O–H groups in total. The van der Waals surface area contributed by atoms with Crippen molar-refractivity contribution < 1.29 is 9.18 Å². The largest absolute Gasteiger partial charge is 0.325 e. The van der Waals surface area contributed by atoms with Gasteiger partial charge in [-0.15, -0.1) is 0 Å². The number of hydrogen-bond donors (Lipinski definition) is 1. The summed E-state index contributed by atoms with van der Waals surface area (Å²) in [5.41, 5.74) is 2.29. The highest BCUT2D eigenvalue weighted by atomic mass is 79.9. The summed E-state index contributed by atoms with van der Waals surface area (Å²) in [6.07, 6.45) is 0.179. The van der Waals surface area contributed by atoms with Gasteiger partial charge in [-0.3, -0.25) is 4.79 Å². The minimum Gasteiger partial charge on any atom is -0.325 e. The summed E-state index contributed by atoms with van der Waals surface area (Å²) in [6, 6.07) is 9.39. The van der Waals surface area contributed by atoms with Gasteiger partial charge in [-0.2, -0.15) is 0 Å². The Morgan fingerprint density at radius 2 is 1.95 bits per heavy atom. The van der Waals surface area contributed by atoms with Crippen molar-refractivity contribution in [3.05, 3.63) is 62.8 Å². The van der Waals surface area contributed by atoms with Crippen molar-refractivity contribution in [2.45, 2.75) is 13.3 Å².